The molecular formula is C8H13NS. The van der Waals surface area contributed by atoms with Crippen LogP contribution in [-0.2, 0) is 0 Å². The minimum absolute atomic E-state index is 1.08. The van der Waals surface area contributed by atoms with E-state index in [1.54, 1.807) is 24.9 Å². The third kappa shape index (κ3) is 4.39. The molecule has 0 aromatic carbocycles. The highest BCUT2D eigenvalue weighted by Gasteiger charge is 1.90. The monoisotopic (exact) mass is 155 g/mol. The van der Waals surface area contributed by atoms with Crippen LogP contribution in [0.3, 0.4) is 0 Å². The third-order valence-electron chi connectivity index (χ3n) is 0.976. The van der Waals surface area contributed by atoms with Gasteiger partial charge in [0.15, 0.2) is 0 Å². The van der Waals surface area contributed by atoms with Gasteiger partial charge in [-0.3, -0.25) is 4.99 Å². The van der Waals surface area contributed by atoms with Crippen molar-refractivity contribution in [1.29, 1.82) is 0 Å². The summed E-state index contributed by atoms with van der Waals surface area (Å²) in [7, 11) is 1.80. The van der Waals surface area contributed by atoms with Crippen LogP contribution < -0.4 is 0 Å². The highest BCUT2D eigenvalue weighted by molar-refractivity contribution is 8.17. The minimum Gasteiger partial charge on any atom is -0.286 e. The van der Waals surface area contributed by atoms with E-state index in [0.29, 0.717) is 0 Å². The molecule has 0 saturated heterocycles. The van der Waals surface area contributed by atoms with Gasteiger partial charge < -0.3 is 0 Å². The molecule has 0 fully saturated rings. The lowest BCUT2D eigenvalue weighted by molar-refractivity contribution is 1.45. The molecule has 0 amide bonds. The summed E-state index contributed by atoms with van der Waals surface area (Å²) in [6, 6.07) is 0. The second-order valence-electron chi connectivity index (χ2n) is 1.86. The fourth-order valence-electron chi connectivity index (χ4n) is 0.479. The van der Waals surface area contributed by atoms with Gasteiger partial charge in [-0.15, -0.1) is 0 Å². The van der Waals surface area contributed by atoms with Gasteiger partial charge in [-0.2, -0.15) is 0 Å². The molecule has 0 radical (unpaired) electrons. The fourth-order valence-corrected chi connectivity index (χ4v) is 1.20. The molecule has 0 aromatic rings. The van der Waals surface area contributed by atoms with E-state index in [2.05, 4.69) is 11.6 Å². The summed E-state index contributed by atoms with van der Waals surface area (Å²) >= 11 is 1.66. The van der Waals surface area contributed by atoms with E-state index in [0.717, 1.165) is 5.04 Å². The molecule has 0 unspecified atom stereocenters. The first kappa shape index (κ1) is 9.50. The van der Waals surface area contributed by atoms with Crippen molar-refractivity contribution in [2.75, 3.05) is 7.05 Å². The van der Waals surface area contributed by atoms with Gasteiger partial charge in [-0.1, -0.05) is 30.5 Å². The molecule has 0 rings (SSSR count). The SMILES string of the molecule is C=C/C=C(\C)SC(C)=NC. The molecule has 0 spiro atoms. The predicted octanol–water partition coefficient (Wildman–Crippen LogP) is 2.86. The first-order chi connectivity index (χ1) is 4.70. The van der Waals surface area contributed by atoms with Gasteiger partial charge in [-0.25, -0.2) is 0 Å². The van der Waals surface area contributed by atoms with Crippen LogP contribution in [0.5, 0.6) is 0 Å². The van der Waals surface area contributed by atoms with Crippen LogP contribution in [0.2, 0.25) is 0 Å². The summed E-state index contributed by atoms with van der Waals surface area (Å²) in [6.45, 7) is 7.64. The van der Waals surface area contributed by atoms with Crippen molar-refractivity contribution in [2.24, 2.45) is 4.99 Å². The Morgan fingerprint density at radius 3 is 2.50 bits per heavy atom. The number of hydrogen-bond acceptors (Lipinski definition) is 2. The molecule has 1 nitrogen and oxygen atoms in total. The highest BCUT2D eigenvalue weighted by atomic mass is 32.2. The maximum atomic E-state index is 4.02. The van der Waals surface area contributed by atoms with Crippen molar-refractivity contribution >= 4 is 16.8 Å². The van der Waals surface area contributed by atoms with Crippen molar-refractivity contribution in [1.82, 2.24) is 0 Å². The summed E-state index contributed by atoms with van der Waals surface area (Å²) in [5.74, 6) is 0. The fraction of sp³-hybridized carbons (Fsp3) is 0.375. The molecule has 0 bridgehead atoms. The van der Waals surface area contributed by atoms with Crippen molar-refractivity contribution in [3.05, 3.63) is 23.6 Å². The Kier molecular flexibility index (Phi) is 5.03. The average Bonchev–Trinajstić information content (AvgIpc) is 1.88. The Bertz CT molecular complexity index is 168. The van der Waals surface area contributed by atoms with Crippen LogP contribution >= 0.6 is 11.8 Å². The van der Waals surface area contributed by atoms with Gasteiger partial charge in [0.1, 0.15) is 0 Å². The average molecular weight is 155 g/mol. The predicted molar refractivity (Wildman–Crippen MR) is 50.6 cm³/mol. The van der Waals surface area contributed by atoms with Crippen molar-refractivity contribution < 1.29 is 0 Å². The van der Waals surface area contributed by atoms with E-state index in [4.69, 9.17) is 0 Å². The van der Waals surface area contributed by atoms with Crippen molar-refractivity contribution in [3.8, 4) is 0 Å². The van der Waals surface area contributed by atoms with Gasteiger partial charge in [0.25, 0.3) is 0 Å². The van der Waals surface area contributed by atoms with Gasteiger partial charge in [-0.05, 0) is 18.8 Å². The van der Waals surface area contributed by atoms with Crippen LogP contribution in [0.15, 0.2) is 28.6 Å². The zero-order valence-corrected chi connectivity index (χ0v) is 7.53. The van der Waals surface area contributed by atoms with Crippen LogP contribution in [0.1, 0.15) is 13.8 Å². The van der Waals surface area contributed by atoms with E-state index in [9.17, 15) is 0 Å². The molecule has 0 saturated carbocycles. The molecule has 0 N–H and O–H groups in total. The lowest BCUT2D eigenvalue weighted by Crippen LogP contribution is -1.81. The summed E-state index contributed by atoms with van der Waals surface area (Å²) in [6.07, 6.45) is 3.75. The first-order valence-corrected chi connectivity index (χ1v) is 3.93. The van der Waals surface area contributed by atoms with Gasteiger partial charge in [0.2, 0.25) is 0 Å². The lowest BCUT2D eigenvalue weighted by Gasteiger charge is -1.96. The number of allylic oxidation sites excluding steroid dienone is 3. The summed E-state index contributed by atoms with van der Waals surface area (Å²) < 4.78 is 0. The topological polar surface area (TPSA) is 12.4 Å². The normalized spacial score (nSPS) is 13.5. The maximum absolute atomic E-state index is 4.02. The molecule has 0 aliphatic rings. The number of nitrogens with zero attached hydrogens (tertiary/aromatic N) is 1. The Morgan fingerprint density at radius 1 is 1.50 bits per heavy atom. The van der Waals surface area contributed by atoms with E-state index in [1.165, 1.54) is 4.91 Å². The standard InChI is InChI=1S/C8H13NS/c1-5-6-7(2)10-8(3)9-4/h5-6H,1H2,2-4H3/b7-6+,9-8?. The third-order valence-corrected chi connectivity index (χ3v) is 1.91. The molecule has 0 aromatic heterocycles. The smallest absolute Gasteiger partial charge is 0.0685 e. The maximum Gasteiger partial charge on any atom is 0.0685 e. The van der Waals surface area contributed by atoms with Crippen LogP contribution in [0, 0.1) is 0 Å². The molecule has 0 aliphatic carbocycles. The number of hydrogen-bond donors (Lipinski definition) is 0. The Hall–Kier alpha value is -0.500. The van der Waals surface area contributed by atoms with Crippen LogP contribution in [0.4, 0.5) is 0 Å². The molecule has 0 atom stereocenters. The Morgan fingerprint density at radius 2 is 2.10 bits per heavy atom. The highest BCUT2D eigenvalue weighted by Crippen LogP contribution is 2.15. The molecule has 0 aliphatic heterocycles. The van der Waals surface area contributed by atoms with Crippen LogP contribution in [0.25, 0.3) is 0 Å². The van der Waals surface area contributed by atoms with Crippen LogP contribution in [-0.4, -0.2) is 12.1 Å². The molecular weight excluding hydrogens is 142 g/mol. The zero-order chi connectivity index (χ0) is 7.98. The Labute approximate surface area is 66.9 Å². The van der Waals surface area contributed by atoms with Crippen molar-refractivity contribution in [2.45, 2.75) is 13.8 Å². The van der Waals surface area contributed by atoms with E-state index >= 15 is 0 Å². The molecule has 56 valence electrons. The van der Waals surface area contributed by atoms with E-state index in [1.807, 2.05) is 19.9 Å². The second-order valence-corrected chi connectivity index (χ2v) is 3.30. The summed E-state index contributed by atoms with van der Waals surface area (Å²) in [5.41, 5.74) is 0. The molecule has 0 heterocycles. The lowest BCUT2D eigenvalue weighted by atomic mass is 10.5. The first-order valence-electron chi connectivity index (χ1n) is 3.11. The van der Waals surface area contributed by atoms with Gasteiger partial charge in [0.05, 0.1) is 5.04 Å². The largest absolute Gasteiger partial charge is 0.286 e. The summed E-state index contributed by atoms with van der Waals surface area (Å²) in [4.78, 5) is 5.24. The molecule has 10 heavy (non-hydrogen) atoms. The van der Waals surface area contributed by atoms with Gasteiger partial charge in [0, 0.05) is 7.05 Å². The molecule has 2 heteroatoms. The van der Waals surface area contributed by atoms with Crippen molar-refractivity contribution in [3.63, 3.8) is 0 Å². The van der Waals surface area contributed by atoms with Gasteiger partial charge >= 0.3 is 0 Å². The van der Waals surface area contributed by atoms with E-state index < -0.39 is 0 Å². The van der Waals surface area contributed by atoms with E-state index in [-0.39, 0.29) is 0 Å². The number of rotatable bonds is 2. The second kappa shape index (κ2) is 5.30. The number of thioether (sulfide) groups is 1. The zero-order valence-electron chi connectivity index (χ0n) is 6.72. The summed E-state index contributed by atoms with van der Waals surface area (Å²) in [5, 5.41) is 1.08. The minimum atomic E-state index is 1.08. The quantitative estimate of drug-likeness (QED) is 0.339. The number of aliphatic imine (C=N–C) groups is 1. The Balaban J connectivity index is 3.90.